The van der Waals surface area contributed by atoms with Crippen molar-refractivity contribution >= 4 is 23.6 Å². The zero-order valence-electron chi connectivity index (χ0n) is 25.0. The number of fused-ring (bicyclic) bond motifs is 1. The van der Waals surface area contributed by atoms with Crippen LogP contribution in [0.5, 0.6) is 5.75 Å². The summed E-state index contributed by atoms with van der Waals surface area (Å²) in [5.74, 6) is -1.68. The molecule has 0 unspecified atom stereocenters. The third kappa shape index (κ3) is 8.31. The fourth-order valence-corrected chi connectivity index (χ4v) is 5.41. The molecule has 2 aliphatic rings. The Morgan fingerprint density at radius 3 is 2.56 bits per heavy atom. The Hall–Kier alpha value is -3.99. The van der Waals surface area contributed by atoms with E-state index in [1.807, 2.05) is 19.9 Å². The minimum absolute atomic E-state index is 0.0100. The molecule has 232 valence electrons. The number of carbonyl (C=O) groups is 4. The maximum Gasteiger partial charge on any atom is 0.255 e. The Kier molecular flexibility index (Phi) is 10.7. The van der Waals surface area contributed by atoms with E-state index in [1.165, 1.54) is 24.1 Å². The van der Waals surface area contributed by atoms with Gasteiger partial charge in [-0.15, -0.1) is 0 Å². The van der Waals surface area contributed by atoms with Gasteiger partial charge in [-0.1, -0.05) is 38.1 Å². The maximum absolute atomic E-state index is 14.2. The van der Waals surface area contributed by atoms with Gasteiger partial charge in [0.25, 0.3) is 5.91 Å². The van der Waals surface area contributed by atoms with E-state index in [4.69, 9.17) is 9.47 Å². The summed E-state index contributed by atoms with van der Waals surface area (Å²) >= 11 is 0. The number of hydrogen-bond acceptors (Lipinski definition) is 6. The van der Waals surface area contributed by atoms with Crippen LogP contribution >= 0.6 is 0 Å². The first kappa shape index (κ1) is 31.9. The molecule has 0 bridgehead atoms. The highest BCUT2D eigenvalue weighted by molar-refractivity contribution is 5.99. The Bertz CT molecular complexity index is 1310. The van der Waals surface area contributed by atoms with E-state index in [1.54, 1.807) is 30.3 Å². The van der Waals surface area contributed by atoms with Gasteiger partial charge in [0, 0.05) is 38.6 Å². The van der Waals surface area contributed by atoms with Crippen molar-refractivity contribution in [1.82, 2.24) is 20.9 Å². The molecule has 0 saturated carbocycles. The molecule has 2 aromatic carbocycles. The number of nitrogens with zero attached hydrogens (tertiary/aromatic N) is 1. The average Bonchev–Trinajstić information content (AvgIpc) is 3.00. The van der Waals surface area contributed by atoms with Gasteiger partial charge in [-0.3, -0.25) is 19.2 Å². The minimum Gasteiger partial charge on any atom is -0.491 e. The van der Waals surface area contributed by atoms with Gasteiger partial charge in [0.1, 0.15) is 24.2 Å². The van der Waals surface area contributed by atoms with E-state index in [0.29, 0.717) is 31.8 Å². The number of nitrogens with one attached hydrogen (secondary N) is 3. The highest BCUT2D eigenvalue weighted by atomic mass is 19.1. The summed E-state index contributed by atoms with van der Waals surface area (Å²) < 4.78 is 25.7. The lowest BCUT2D eigenvalue weighted by molar-refractivity contribution is -0.135. The molecule has 0 aliphatic carbocycles. The first-order valence-corrected chi connectivity index (χ1v) is 14.8. The monoisotopic (exact) mass is 596 g/mol. The Morgan fingerprint density at radius 2 is 1.84 bits per heavy atom. The van der Waals surface area contributed by atoms with E-state index < -0.39 is 23.3 Å². The second kappa shape index (κ2) is 14.5. The number of carbonyl (C=O) groups excluding carboxylic acids is 4. The van der Waals surface area contributed by atoms with Gasteiger partial charge in [0.05, 0.1) is 18.2 Å². The third-order valence-corrected chi connectivity index (χ3v) is 8.26. The highest BCUT2D eigenvalue weighted by Crippen LogP contribution is 2.34. The lowest BCUT2D eigenvalue weighted by Crippen LogP contribution is -2.51. The predicted molar refractivity (Wildman–Crippen MR) is 158 cm³/mol. The molecule has 2 aromatic rings. The van der Waals surface area contributed by atoms with Crippen LogP contribution in [0.2, 0.25) is 0 Å². The molecular weight excluding hydrogens is 555 g/mol. The molecule has 4 amide bonds. The molecule has 2 atom stereocenters. The third-order valence-electron chi connectivity index (χ3n) is 8.26. The molecule has 4 rings (SSSR count). The molecule has 1 fully saturated rings. The largest absolute Gasteiger partial charge is 0.491 e. The zero-order valence-corrected chi connectivity index (χ0v) is 25.0. The summed E-state index contributed by atoms with van der Waals surface area (Å²) in [7, 11) is 1.53. The molecule has 0 aromatic heterocycles. The molecule has 2 aliphatic heterocycles. The van der Waals surface area contributed by atoms with E-state index >= 15 is 0 Å². The van der Waals surface area contributed by atoms with Crippen molar-refractivity contribution < 1.29 is 33.0 Å². The van der Waals surface area contributed by atoms with Crippen LogP contribution in [0.3, 0.4) is 0 Å². The number of rotatable bonds is 5. The van der Waals surface area contributed by atoms with Crippen molar-refractivity contribution in [2.75, 3.05) is 40.0 Å². The van der Waals surface area contributed by atoms with Crippen LogP contribution < -0.4 is 20.7 Å². The van der Waals surface area contributed by atoms with Gasteiger partial charge in [0.15, 0.2) is 0 Å². The molecular formula is C32H41FN4O6. The van der Waals surface area contributed by atoms with Crippen LogP contribution in [-0.4, -0.2) is 80.6 Å². The van der Waals surface area contributed by atoms with E-state index in [9.17, 15) is 23.6 Å². The van der Waals surface area contributed by atoms with Gasteiger partial charge in [-0.2, -0.15) is 0 Å². The fourth-order valence-electron chi connectivity index (χ4n) is 5.41. The second-order valence-electron chi connectivity index (χ2n) is 11.7. The standard InChI is InChI=1S/C32H41FN4O6/c1-21(2)26-19-43-27-10-5-4-9-24(27)30(40)36-25(11-12-29(39)37(3)18-28(38)35-26)31(41)34-20-32(13-15-42-16-14-32)22-7-6-8-23(33)17-22/h4-10,17,21,25-26H,11-16,18-20H2,1-3H3,(H,34,41)(H,35,38)(H,36,40)/t25-,26-/m0/s1. The van der Waals surface area contributed by atoms with Crippen LogP contribution in [0.4, 0.5) is 4.39 Å². The van der Waals surface area contributed by atoms with E-state index in [0.717, 1.165) is 5.56 Å². The second-order valence-corrected chi connectivity index (χ2v) is 11.7. The molecule has 2 heterocycles. The number of ether oxygens (including phenoxy) is 2. The Labute approximate surface area is 251 Å². The van der Waals surface area contributed by atoms with Crippen LogP contribution in [-0.2, 0) is 24.5 Å². The topological polar surface area (TPSA) is 126 Å². The number of amides is 4. The number of para-hydroxylation sites is 1. The number of benzene rings is 2. The predicted octanol–water partition coefficient (Wildman–Crippen LogP) is 2.56. The van der Waals surface area contributed by atoms with Gasteiger partial charge < -0.3 is 30.3 Å². The number of hydrogen-bond donors (Lipinski definition) is 3. The van der Waals surface area contributed by atoms with E-state index in [2.05, 4.69) is 16.0 Å². The van der Waals surface area contributed by atoms with Crippen molar-refractivity contribution in [2.45, 2.75) is 57.0 Å². The Balaban J connectivity index is 1.58. The normalized spacial score (nSPS) is 21.9. The summed E-state index contributed by atoms with van der Waals surface area (Å²) in [6.45, 7) is 4.98. The summed E-state index contributed by atoms with van der Waals surface area (Å²) in [4.78, 5) is 54.2. The summed E-state index contributed by atoms with van der Waals surface area (Å²) in [5.41, 5.74) is 0.451. The van der Waals surface area contributed by atoms with Gasteiger partial charge in [0.2, 0.25) is 17.7 Å². The highest BCUT2D eigenvalue weighted by Gasteiger charge is 2.36. The fraction of sp³-hybridized carbons (Fsp3) is 0.500. The molecule has 0 spiro atoms. The van der Waals surface area contributed by atoms with E-state index in [-0.39, 0.29) is 67.7 Å². The summed E-state index contributed by atoms with van der Waals surface area (Å²) in [5, 5.41) is 8.69. The summed E-state index contributed by atoms with van der Waals surface area (Å²) in [6, 6.07) is 11.6. The molecule has 1 saturated heterocycles. The quantitative estimate of drug-likeness (QED) is 0.487. The smallest absolute Gasteiger partial charge is 0.255 e. The number of halogens is 1. The lowest BCUT2D eigenvalue weighted by Gasteiger charge is -2.38. The molecule has 11 heteroatoms. The SMILES string of the molecule is CC(C)[C@@H]1COc2ccccc2C(=O)N[C@H](C(=O)NCC2(c3cccc(F)c3)CCOCC2)CCC(=O)N(C)CC(=O)N1. The van der Waals surface area contributed by atoms with Crippen LogP contribution in [0.25, 0.3) is 0 Å². The van der Waals surface area contributed by atoms with Crippen molar-refractivity contribution in [3.8, 4) is 5.75 Å². The number of likely N-dealkylation sites (N-methyl/N-ethyl adjacent to an activating group) is 1. The van der Waals surface area contributed by atoms with Crippen molar-refractivity contribution in [3.05, 3.63) is 65.5 Å². The zero-order chi connectivity index (χ0) is 31.0. The van der Waals surface area contributed by atoms with Crippen LogP contribution in [0.15, 0.2) is 48.5 Å². The van der Waals surface area contributed by atoms with Gasteiger partial charge >= 0.3 is 0 Å². The van der Waals surface area contributed by atoms with Crippen LogP contribution in [0, 0.1) is 11.7 Å². The van der Waals surface area contributed by atoms with Crippen molar-refractivity contribution in [1.29, 1.82) is 0 Å². The Morgan fingerprint density at radius 1 is 1.09 bits per heavy atom. The molecule has 10 nitrogen and oxygen atoms in total. The minimum atomic E-state index is -1.05. The lowest BCUT2D eigenvalue weighted by atomic mass is 9.74. The summed E-state index contributed by atoms with van der Waals surface area (Å²) in [6.07, 6.45) is 1.11. The molecule has 43 heavy (non-hydrogen) atoms. The van der Waals surface area contributed by atoms with Gasteiger partial charge in [-0.05, 0) is 55.0 Å². The maximum atomic E-state index is 14.2. The van der Waals surface area contributed by atoms with Crippen molar-refractivity contribution in [3.63, 3.8) is 0 Å². The average molecular weight is 597 g/mol. The van der Waals surface area contributed by atoms with Gasteiger partial charge in [-0.25, -0.2) is 4.39 Å². The first-order chi connectivity index (χ1) is 20.6. The molecule has 0 radical (unpaired) electrons. The van der Waals surface area contributed by atoms with Crippen LogP contribution in [0.1, 0.15) is 55.5 Å². The van der Waals surface area contributed by atoms with Crippen molar-refractivity contribution in [2.24, 2.45) is 5.92 Å². The first-order valence-electron chi connectivity index (χ1n) is 14.8. The molecule has 3 N–H and O–H groups in total.